The summed E-state index contributed by atoms with van der Waals surface area (Å²) in [6, 6.07) is 10.8. The summed E-state index contributed by atoms with van der Waals surface area (Å²) in [4.78, 5) is 51.9. The van der Waals surface area contributed by atoms with Gasteiger partial charge in [0.1, 0.15) is 17.1 Å². The number of methoxy groups -OCH3 is 1. The van der Waals surface area contributed by atoms with Crippen molar-refractivity contribution in [1.29, 1.82) is 0 Å². The topological polar surface area (TPSA) is 127 Å². The van der Waals surface area contributed by atoms with Gasteiger partial charge in [-0.1, -0.05) is 6.07 Å². The first-order valence-corrected chi connectivity index (χ1v) is 10.7. The molecular weight excluding hydrogens is 442 g/mol. The molecule has 1 aromatic heterocycles. The Hall–Kier alpha value is -4.34. The van der Waals surface area contributed by atoms with Gasteiger partial charge in [-0.2, -0.15) is 0 Å². The number of imide groups is 1. The van der Waals surface area contributed by atoms with Crippen molar-refractivity contribution in [2.24, 2.45) is 0 Å². The number of rotatable bonds is 6. The van der Waals surface area contributed by atoms with Crippen LogP contribution in [0.5, 0.6) is 5.75 Å². The van der Waals surface area contributed by atoms with Gasteiger partial charge in [-0.3, -0.25) is 14.9 Å². The van der Waals surface area contributed by atoms with Crippen LogP contribution in [0, 0.1) is 0 Å². The lowest BCUT2D eigenvalue weighted by Gasteiger charge is -2.29. The highest BCUT2D eigenvalue weighted by Gasteiger charge is 2.53. The largest absolute Gasteiger partial charge is 0.497 e. The molecule has 0 radical (unpaired) electrons. The molecule has 10 heteroatoms. The van der Waals surface area contributed by atoms with E-state index in [9.17, 15) is 19.2 Å². The normalized spacial score (nSPS) is 19.2. The van der Waals surface area contributed by atoms with Crippen LogP contribution < -0.4 is 15.4 Å². The number of hydrogen-bond acceptors (Lipinski definition) is 7. The maximum absolute atomic E-state index is 13.1. The number of furan rings is 1. The van der Waals surface area contributed by atoms with Crippen LogP contribution in [0.15, 0.2) is 46.9 Å². The molecule has 0 saturated carbocycles. The quantitative estimate of drug-likeness (QED) is 0.424. The first-order valence-electron chi connectivity index (χ1n) is 10.7. The second-order valence-corrected chi connectivity index (χ2v) is 8.08. The van der Waals surface area contributed by atoms with E-state index in [4.69, 9.17) is 13.9 Å². The van der Waals surface area contributed by atoms with Crippen molar-refractivity contribution in [2.45, 2.75) is 19.0 Å². The average Bonchev–Trinajstić information content (AvgIpc) is 3.47. The average molecular weight is 463 g/mol. The van der Waals surface area contributed by atoms with E-state index in [1.54, 1.807) is 49.4 Å². The van der Waals surface area contributed by atoms with Crippen molar-refractivity contribution in [3.05, 3.63) is 64.9 Å². The predicted molar refractivity (Wildman–Crippen MR) is 118 cm³/mol. The van der Waals surface area contributed by atoms with Crippen LogP contribution in [0.2, 0.25) is 0 Å². The third-order valence-corrected chi connectivity index (χ3v) is 6.01. The van der Waals surface area contributed by atoms with Gasteiger partial charge in [-0.25, -0.2) is 9.59 Å². The van der Waals surface area contributed by atoms with Gasteiger partial charge < -0.3 is 24.1 Å². The number of esters is 1. The molecule has 1 saturated heterocycles. The van der Waals surface area contributed by atoms with Crippen LogP contribution in [-0.4, -0.2) is 49.0 Å². The maximum Gasteiger partial charge on any atom is 0.338 e. The minimum absolute atomic E-state index is 0.146. The molecule has 3 heterocycles. The van der Waals surface area contributed by atoms with Gasteiger partial charge in [0, 0.05) is 17.5 Å². The summed E-state index contributed by atoms with van der Waals surface area (Å²) in [6.07, 6.45) is 0. The van der Waals surface area contributed by atoms with E-state index < -0.39 is 23.4 Å². The number of carbonyl (C=O) groups is 4. The second kappa shape index (κ2) is 7.91. The van der Waals surface area contributed by atoms with Crippen LogP contribution >= 0.6 is 0 Å². The molecule has 0 unspecified atom stereocenters. The minimum atomic E-state index is -1.64. The van der Waals surface area contributed by atoms with E-state index in [-0.39, 0.29) is 31.4 Å². The molecule has 2 aliphatic rings. The Morgan fingerprint density at radius 1 is 1.15 bits per heavy atom. The molecule has 1 atom stereocenters. The number of hydrogen-bond donors (Lipinski definition) is 2. The summed E-state index contributed by atoms with van der Waals surface area (Å²) in [5.74, 6) is -0.713. The predicted octanol–water partition coefficient (Wildman–Crippen LogP) is 2.31. The first-order chi connectivity index (χ1) is 16.3. The van der Waals surface area contributed by atoms with Gasteiger partial charge >= 0.3 is 12.0 Å². The molecule has 5 rings (SSSR count). The molecule has 0 spiro atoms. The van der Waals surface area contributed by atoms with Crippen molar-refractivity contribution in [3.63, 3.8) is 0 Å². The van der Waals surface area contributed by atoms with Gasteiger partial charge in [0.2, 0.25) is 0 Å². The Balaban J connectivity index is 1.52. The zero-order valence-electron chi connectivity index (χ0n) is 18.5. The summed E-state index contributed by atoms with van der Waals surface area (Å²) in [5, 5.41) is 5.44. The third kappa shape index (κ3) is 3.35. The zero-order chi connectivity index (χ0) is 24.0. The summed E-state index contributed by atoms with van der Waals surface area (Å²) in [6.45, 7) is 2.06. The Morgan fingerprint density at radius 3 is 2.68 bits per heavy atom. The number of nitrogens with one attached hydrogen (secondary N) is 2. The summed E-state index contributed by atoms with van der Waals surface area (Å²) in [7, 11) is 1.52. The monoisotopic (exact) mass is 463 g/mol. The number of ether oxygens (including phenoxy) is 2. The lowest BCUT2D eigenvalue weighted by molar-refractivity contribution is -0.125. The number of urea groups is 1. The molecule has 2 N–H and O–H groups in total. The number of fused-ring (bicyclic) bond motifs is 2. The van der Waals surface area contributed by atoms with E-state index in [0.717, 1.165) is 5.56 Å². The Morgan fingerprint density at radius 2 is 1.97 bits per heavy atom. The van der Waals surface area contributed by atoms with E-state index in [0.29, 0.717) is 27.8 Å². The third-order valence-electron chi connectivity index (χ3n) is 6.01. The molecule has 34 heavy (non-hydrogen) atoms. The van der Waals surface area contributed by atoms with Crippen molar-refractivity contribution in [2.75, 3.05) is 20.3 Å². The van der Waals surface area contributed by atoms with Gasteiger partial charge in [0.15, 0.2) is 5.54 Å². The fourth-order valence-electron chi connectivity index (χ4n) is 4.33. The van der Waals surface area contributed by atoms with Crippen LogP contribution in [0.3, 0.4) is 0 Å². The van der Waals surface area contributed by atoms with Crippen molar-refractivity contribution < 1.29 is 33.1 Å². The summed E-state index contributed by atoms with van der Waals surface area (Å²) < 4.78 is 16.2. The van der Waals surface area contributed by atoms with E-state index in [1.165, 1.54) is 12.0 Å². The molecular formula is C24H21N3O7. The molecule has 0 bridgehead atoms. The molecule has 174 valence electrons. The van der Waals surface area contributed by atoms with Crippen LogP contribution in [0.1, 0.15) is 39.0 Å². The smallest absolute Gasteiger partial charge is 0.338 e. The van der Waals surface area contributed by atoms with Crippen LogP contribution in [-0.2, 0) is 21.6 Å². The number of carbonyl (C=O) groups excluding carboxylic acids is 4. The van der Waals surface area contributed by atoms with Crippen molar-refractivity contribution in [3.8, 4) is 5.75 Å². The lowest BCUT2D eigenvalue weighted by atomic mass is 9.95. The summed E-state index contributed by atoms with van der Waals surface area (Å²) in [5.41, 5.74) is 0.367. The Kier molecular flexibility index (Phi) is 5.00. The molecule has 0 aliphatic carbocycles. The SMILES string of the molecule is CCOC(=O)c1ccc2oc([C@]3(CN4Cc5ccc(OC)cc5C4=O)NC(=O)NC3=O)cc2c1. The fraction of sp³-hybridized carbons (Fsp3) is 0.250. The Labute approximate surface area is 193 Å². The van der Waals surface area contributed by atoms with Gasteiger partial charge in [0.05, 0.1) is 25.8 Å². The highest BCUT2D eigenvalue weighted by molar-refractivity contribution is 6.08. The lowest BCUT2D eigenvalue weighted by Crippen LogP contribution is -2.52. The Bertz CT molecular complexity index is 1360. The first kappa shape index (κ1) is 21.5. The van der Waals surface area contributed by atoms with E-state index >= 15 is 0 Å². The second-order valence-electron chi connectivity index (χ2n) is 8.08. The van der Waals surface area contributed by atoms with Crippen molar-refractivity contribution >= 4 is 34.8 Å². The molecule has 1 fully saturated rings. The van der Waals surface area contributed by atoms with E-state index in [2.05, 4.69) is 10.6 Å². The highest BCUT2D eigenvalue weighted by Crippen LogP contribution is 2.35. The van der Waals surface area contributed by atoms with Gasteiger partial charge in [-0.05, 0) is 48.9 Å². The van der Waals surface area contributed by atoms with E-state index in [1.807, 2.05) is 0 Å². The highest BCUT2D eigenvalue weighted by atomic mass is 16.5. The minimum Gasteiger partial charge on any atom is -0.497 e. The molecule has 2 aliphatic heterocycles. The van der Waals surface area contributed by atoms with Gasteiger partial charge in [-0.15, -0.1) is 0 Å². The molecule has 2 aromatic carbocycles. The maximum atomic E-state index is 13.1. The molecule has 4 amide bonds. The summed E-state index contributed by atoms with van der Waals surface area (Å²) >= 11 is 0. The van der Waals surface area contributed by atoms with Crippen LogP contribution in [0.25, 0.3) is 11.0 Å². The zero-order valence-corrected chi connectivity index (χ0v) is 18.5. The number of benzene rings is 2. The molecule has 3 aromatic rings. The van der Waals surface area contributed by atoms with Gasteiger partial charge in [0.25, 0.3) is 11.8 Å². The number of amides is 4. The standard InChI is InChI=1S/C24H21N3O7/c1-3-33-21(29)13-5-7-18-15(8-13)9-19(34-18)24(22(30)25-23(31)26-24)12-27-11-14-4-6-16(32-2)10-17(14)20(27)28/h4-10H,3,11-12H2,1-2H3,(H2,25,26,30,31)/t24-/m0/s1. The van der Waals surface area contributed by atoms with Crippen molar-refractivity contribution in [1.82, 2.24) is 15.5 Å². The van der Waals surface area contributed by atoms with Crippen LogP contribution in [0.4, 0.5) is 4.79 Å². The molecule has 10 nitrogen and oxygen atoms in total. The fourth-order valence-corrected chi connectivity index (χ4v) is 4.33. The number of nitrogens with zero attached hydrogens (tertiary/aromatic N) is 1.